The summed E-state index contributed by atoms with van der Waals surface area (Å²) in [6.07, 6.45) is 0. The number of hydrogen-bond donors (Lipinski definition) is 0. The summed E-state index contributed by atoms with van der Waals surface area (Å²) in [7, 11) is 0. The quantitative estimate of drug-likeness (QED) is 0.127. The number of benzene rings is 15. The predicted octanol–water partition coefficient (Wildman–Crippen LogP) is 23.3. The molecule has 5 heteroatoms. The largest absolute Gasteiger partial charge is 0.311 e. The van der Waals surface area contributed by atoms with E-state index in [2.05, 4.69) is 193 Å². The van der Waals surface area contributed by atoms with Gasteiger partial charge in [0.25, 0.3) is 6.71 Å². The van der Waals surface area contributed by atoms with Crippen LogP contribution in [0.3, 0.4) is 0 Å². The third kappa shape index (κ3) is 9.52. The molecule has 0 radical (unpaired) electrons. The fourth-order valence-electron chi connectivity index (χ4n) is 15.5. The predicted molar refractivity (Wildman–Crippen MR) is 420 cm³/mol. The number of anilines is 6. The first-order valence-corrected chi connectivity index (χ1v) is 33.4. The van der Waals surface area contributed by atoms with Crippen LogP contribution in [0.4, 0.5) is 34.1 Å². The van der Waals surface area contributed by atoms with E-state index < -0.39 is 78.6 Å². The smallest absolute Gasteiger partial charge is 0.252 e. The van der Waals surface area contributed by atoms with Gasteiger partial charge in [-0.25, -0.2) is 0 Å². The molecule has 4 nitrogen and oxygen atoms in total. The summed E-state index contributed by atoms with van der Waals surface area (Å²) in [4.78, 5) is 4.68. The molecule has 466 valence electrons. The van der Waals surface area contributed by atoms with E-state index in [1.807, 2.05) is 115 Å². The van der Waals surface area contributed by atoms with E-state index in [0.29, 0.717) is 22.4 Å². The molecule has 0 amide bonds. The van der Waals surface area contributed by atoms with Crippen molar-refractivity contribution >= 4 is 101 Å². The Hall–Kier alpha value is -12.4. The fraction of sp³-hybridized carbons (Fsp3) is 0.0426. The Bertz CT molecular complexity index is 6620. The zero-order chi connectivity index (χ0) is 77.2. The highest BCUT2D eigenvalue weighted by atomic mass is 15.2. The molecule has 4 heterocycles. The number of aromatic nitrogens is 2. The zero-order valence-electron chi connectivity index (χ0n) is 67.3. The standard InChI is InChI=1S/C94H67BN4/c1-94(2,3)71-59-79(65-35-16-7-17-36-65)93(80(60-71)66-37-18-8-19-38-66)99-88-61-73(97-83-45-25-22-41-76(83)77-42-23-26-46-84(77)97)50-51-81(88)95-82-56-67(62-29-10-4-11-30-62)49-52-86(82)98(74-54-68(63-31-12-5-13-32-63)53-69(55-74)64-33-14-6-15-34-64)89-57-70(58-90(99)92(89)95)75-44-28-48-87-91(75)78-43-24-27-47-85(78)96(87)72-39-20-9-21-40-72/h4-61H,1-3H3/i4D,10D,11D,22D,23D,25D,26D,29D,30D,41D,42D,45D,46D. The minimum absolute atomic E-state index is 0.0226. The number of hydrogen-bond acceptors (Lipinski definition) is 2. The minimum Gasteiger partial charge on any atom is -0.311 e. The monoisotopic (exact) mass is 1280 g/mol. The maximum absolute atomic E-state index is 9.88. The van der Waals surface area contributed by atoms with Gasteiger partial charge >= 0.3 is 0 Å². The van der Waals surface area contributed by atoms with Gasteiger partial charge in [0.1, 0.15) is 0 Å². The van der Waals surface area contributed by atoms with Crippen molar-refractivity contribution < 1.29 is 17.8 Å². The number of fused-ring (bicyclic) bond motifs is 10. The molecule has 0 spiro atoms. The molecule has 0 fully saturated rings. The van der Waals surface area contributed by atoms with Crippen LogP contribution in [0.5, 0.6) is 0 Å². The van der Waals surface area contributed by atoms with Crippen molar-refractivity contribution in [3.05, 3.63) is 357 Å². The summed E-state index contributed by atoms with van der Waals surface area (Å²) in [5, 5.41) is 1.91. The molecular formula is C94H67BN4. The van der Waals surface area contributed by atoms with Crippen molar-refractivity contribution in [1.82, 2.24) is 9.13 Å². The fourth-order valence-corrected chi connectivity index (χ4v) is 15.5. The first-order chi connectivity index (χ1) is 54.2. The topological polar surface area (TPSA) is 16.3 Å². The van der Waals surface area contributed by atoms with Gasteiger partial charge in [-0.3, -0.25) is 0 Å². The number of nitrogens with zero attached hydrogens (tertiary/aromatic N) is 4. The van der Waals surface area contributed by atoms with E-state index in [-0.39, 0.29) is 39.5 Å². The van der Waals surface area contributed by atoms with Gasteiger partial charge in [0, 0.05) is 72.5 Å². The van der Waals surface area contributed by atoms with Gasteiger partial charge in [-0.2, -0.15) is 0 Å². The van der Waals surface area contributed by atoms with Gasteiger partial charge in [0.2, 0.25) is 0 Å². The van der Waals surface area contributed by atoms with E-state index in [9.17, 15) is 11.0 Å². The van der Waals surface area contributed by atoms with E-state index in [0.717, 1.165) is 128 Å². The summed E-state index contributed by atoms with van der Waals surface area (Å²) in [6, 6.07) is 88.1. The molecular weight excluding hydrogens is 1200 g/mol. The Kier molecular flexibility index (Phi) is 10.7. The maximum atomic E-state index is 9.88. The molecule has 0 bridgehead atoms. The van der Waals surface area contributed by atoms with Crippen LogP contribution in [0.15, 0.2) is 352 Å². The van der Waals surface area contributed by atoms with Crippen LogP contribution in [0.1, 0.15) is 44.2 Å². The Morgan fingerprint density at radius 3 is 1.44 bits per heavy atom. The van der Waals surface area contributed by atoms with E-state index >= 15 is 0 Å². The molecule has 0 atom stereocenters. The van der Waals surface area contributed by atoms with Crippen molar-refractivity contribution in [1.29, 1.82) is 0 Å². The summed E-state index contributed by atoms with van der Waals surface area (Å²) in [6.45, 7) is 5.86. The van der Waals surface area contributed by atoms with Crippen LogP contribution in [-0.4, -0.2) is 15.8 Å². The molecule has 17 aromatic rings. The highest BCUT2D eigenvalue weighted by Crippen LogP contribution is 2.54. The lowest BCUT2D eigenvalue weighted by molar-refractivity contribution is 0.591. The van der Waals surface area contributed by atoms with Crippen molar-refractivity contribution in [3.8, 4) is 78.1 Å². The average Bonchev–Trinajstić information content (AvgIpc) is 0.837. The normalized spacial score (nSPS) is 14.4. The lowest BCUT2D eigenvalue weighted by atomic mass is 9.33. The molecule has 19 rings (SSSR count). The molecule has 99 heavy (non-hydrogen) atoms. The van der Waals surface area contributed by atoms with Crippen molar-refractivity contribution in [2.24, 2.45) is 0 Å². The van der Waals surface area contributed by atoms with Crippen molar-refractivity contribution in [2.75, 3.05) is 9.80 Å². The van der Waals surface area contributed by atoms with Crippen LogP contribution in [0.2, 0.25) is 0 Å². The van der Waals surface area contributed by atoms with Gasteiger partial charge in [-0.1, -0.05) is 275 Å². The van der Waals surface area contributed by atoms with Crippen LogP contribution in [-0.2, 0) is 5.41 Å². The Morgan fingerprint density at radius 1 is 0.293 bits per heavy atom. The second-order valence-corrected chi connectivity index (χ2v) is 26.6. The van der Waals surface area contributed by atoms with Crippen molar-refractivity contribution in [2.45, 2.75) is 26.2 Å². The molecule has 15 aromatic carbocycles. The Morgan fingerprint density at radius 2 is 0.828 bits per heavy atom. The highest BCUT2D eigenvalue weighted by molar-refractivity contribution is 7.00. The Labute approximate surface area is 596 Å². The van der Waals surface area contributed by atoms with Crippen LogP contribution in [0, 0.1) is 0 Å². The van der Waals surface area contributed by atoms with Crippen LogP contribution >= 0.6 is 0 Å². The van der Waals surface area contributed by atoms with Gasteiger partial charge in [-0.05, 0) is 180 Å². The Balaban J connectivity index is 1.04. The SMILES string of the molecule is [2H]c1c([2H])c([2H])c(-c2ccc3c(c2)B2c4ccc(-n5c6c([2H])c([2H])c([2H])c([2H])c6c6c([2H])c([2H])c([2H])c([2H])c65)cc4N(c4c(-c5ccccc5)cc(C(C)(C)C)cc4-c4ccccc4)c4cc(-c5cccc6c5c5ccccc5n6-c5ccccc5)cc(c42)N3c2cc(-c3ccccc3)cc(-c3ccccc3)c2)c([2H])c1[2H]. The lowest BCUT2D eigenvalue weighted by Gasteiger charge is -2.45. The molecule has 0 saturated carbocycles. The summed E-state index contributed by atoms with van der Waals surface area (Å²) in [5.74, 6) is 0. The molecule has 2 aliphatic rings. The van der Waals surface area contributed by atoms with E-state index in [4.69, 9.17) is 6.85 Å². The van der Waals surface area contributed by atoms with Crippen LogP contribution in [0.25, 0.3) is 122 Å². The van der Waals surface area contributed by atoms with E-state index in [1.165, 1.54) is 0 Å². The minimum atomic E-state index is -0.779. The number of rotatable bonds is 10. The summed E-state index contributed by atoms with van der Waals surface area (Å²) in [5.41, 5.74) is 20.1. The highest BCUT2D eigenvalue weighted by Gasteiger charge is 2.45. The third-order valence-corrected chi connectivity index (χ3v) is 19.9. The second kappa shape index (κ2) is 23.2. The van der Waals surface area contributed by atoms with Crippen LogP contribution < -0.4 is 26.2 Å². The second-order valence-electron chi connectivity index (χ2n) is 26.6. The van der Waals surface area contributed by atoms with Crippen molar-refractivity contribution in [3.63, 3.8) is 0 Å². The van der Waals surface area contributed by atoms with Gasteiger partial charge in [0.15, 0.2) is 0 Å². The first-order valence-electron chi connectivity index (χ1n) is 39.9. The number of para-hydroxylation sites is 4. The lowest BCUT2D eigenvalue weighted by Crippen LogP contribution is -2.61. The third-order valence-electron chi connectivity index (χ3n) is 19.9. The van der Waals surface area contributed by atoms with E-state index in [1.54, 1.807) is 4.57 Å². The molecule has 0 unspecified atom stereocenters. The van der Waals surface area contributed by atoms with Gasteiger partial charge in [0.05, 0.1) is 45.6 Å². The van der Waals surface area contributed by atoms with Gasteiger partial charge < -0.3 is 18.9 Å². The molecule has 0 saturated heterocycles. The zero-order valence-corrected chi connectivity index (χ0v) is 54.3. The summed E-state index contributed by atoms with van der Waals surface area (Å²) < 4.78 is 126. The first kappa shape index (κ1) is 45.9. The summed E-state index contributed by atoms with van der Waals surface area (Å²) >= 11 is 0. The molecule has 2 aromatic heterocycles. The molecule has 0 N–H and O–H groups in total. The van der Waals surface area contributed by atoms with Gasteiger partial charge in [-0.15, -0.1) is 0 Å². The maximum Gasteiger partial charge on any atom is 0.252 e. The molecule has 0 aliphatic carbocycles. The average molecular weight is 1280 g/mol. The molecule has 2 aliphatic heterocycles.